The van der Waals surface area contributed by atoms with E-state index in [2.05, 4.69) is 40.3 Å². The highest BCUT2D eigenvalue weighted by atomic mass is 16.5. The Morgan fingerprint density at radius 1 is 1.25 bits per heavy atom. The summed E-state index contributed by atoms with van der Waals surface area (Å²) in [5, 5.41) is 0. The van der Waals surface area contributed by atoms with Crippen molar-refractivity contribution in [3.63, 3.8) is 0 Å². The van der Waals surface area contributed by atoms with Crippen LogP contribution < -0.4 is 0 Å². The first-order valence-corrected chi connectivity index (χ1v) is 6.42. The molecule has 0 aliphatic heterocycles. The Morgan fingerprint density at radius 3 is 2.50 bits per heavy atom. The minimum Gasteiger partial charge on any atom is -0.377 e. The van der Waals surface area contributed by atoms with E-state index < -0.39 is 0 Å². The molecule has 0 aliphatic carbocycles. The molecule has 0 bridgehead atoms. The number of ether oxygens (including phenoxy) is 1. The maximum absolute atomic E-state index is 5.60. The van der Waals surface area contributed by atoms with Gasteiger partial charge in [0.2, 0.25) is 0 Å². The molecule has 0 aliphatic rings. The molecule has 1 heteroatoms. The van der Waals surface area contributed by atoms with Crippen LogP contribution in [0.3, 0.4) is 0 Å². The average Bonchev–Trinajstić information content (AvgIpc) is 2.24. The van der Waals surface area contributed by atoms with Crippen molar-refractivity contribution in [3.05, 3.63) is 24.3 Å². The third kappa shape index (κ3) is 9.97. The lowest BCUT2D eigenvalue weighted by atomic mass is 10.1. The van der Waals surface area contributed by atoms with Crippen molar-refractivity contribution in [3.8, 4) is 0 Å². The van der Waals surface area contributed by atoms with Crippen LogP contribution in [0.25, 0.3) is 0 Å². The summed E-state index contributed by atoms with van der Waals surface area (Å²) in [6.07, 6.45) is 7.78. The van der Waals surface area contributed by atoms with Gasteiger partial charge in [0.05, 0.1) is 6.61 Å². The van der Waals surface area contributed by atoms with Crippen LogP contribution in [0.15, 0.2) is 24.3 Å². The Bertz CT molecular complexity index is 203. The molecule has 0 amide bonds. The molecule has 16 heavy (non-hydrogen) atoms. The Hall–Kier alpha value is -0.560. The van der Waals surface area contributed by atoms with Gasteiger partial charge in [-0.2, -0.15) is 0 Å². The van der Waals surface area contributed by atoms with Crippen LogP contribution >= 0.6 is 0 Å². The number of allylic oxidation sites excluding steroid dienone is 2. The predicted octanol–water partition coefficient (Wildman–Crippen LogP) is 4.60. The summed E-state index contributed by atoms with van der Waals surface area (Å²) in [7, 11) is 0. The smallest absolute Gasteiger partial charge is 0.0674 e. The molecular formula is C15H28O. The predicted molar refractivity (Wildman–Crippen MR) is 72.6 cm³/mol. The van der Waals surface area contributed by atoms with Crippen LogP contribution in [0, 0.1) is 11.8 Å². The fourth-order valence-electron chi connectivity index (χ4n) is 1.32. The van der Waals surface area contributed by atoms with Crippen molar-refractivity contribution >= 4 is 0 Å². The van der Waals surface area contributed by atoms with Gasteiger partial charge in [-0.05, 0) is 38.0 Å². The monoisotopic (exact) mass is 224 g/mol. The van der Waals surface area contributed by atoms with E-state index in [0.717, 1.165) is 32.0 Å². The molecule has 0 heterocycles. The molecule has 1 nitrogen and oxygen atoms in total. The highest BCUT2D eigenvalue weighted by Gasteiger charge is 1.96. The van der Waals surface area contributed by atoms with Crippen molar-refractivity contribution in [2.45, 2.75) is 47.0 Å². The summed E-state index contributed by atoms with van der Waals surface area (Å²) in [6.45, 7) is 14.3. The van der Waals surface area contributed by atoms with E-state index in [9.17, 15) is 0 Å². The molecule has 0 spiro atoms. The van der Waals surface area contributed by atoms with Crippen LogP contribution in [0.4, 0.5) is 0 Å². The first kappa shape index (κ1) is 15.4. The first-order chi connectivity index (χ1) is 7.56. The molecule has 0 radical (unpaired) electrons. The summed E-state index contributed by atoms with van der Waals surface area (Å²) in [5.74, 6) is 1.35. The Morgan fingerprint density at radius 2 is 1.94 bits per heavy atom. The SMILES string of the molecule is C=CC(C)CC/C=C(\C)COCCC(C)C. The van der Waals surface area contributed by atoms with Gasteiger partial charge in [0.25, 0.3) is 0 Å². The summed E-state index contributed by atoms with van der Waals surface area (Å²) >= 11 is 0. The van der Waals surface area contributed by atoms with Gasteiger partial charge in [0.15, 0.2) is 0 Å². The van der Waals surface area contributed by atoms with E-state index in [0.29, 0.717) is 5.92 Å². The molecule has 1 unspecified atom stereocenters. The number of hydrogen-bond donors (Lipinski definition) is 0. The molecule has 0 N–H and O–H groups in total. The zero-order chi connectivity index (χ0) is 12.4. The second-order valence-corrected chi connectivity index (χ2v) is 5.08. The van der Waals surface area contributed by atoms with Crippen LogP contribution in [-0.4, -0.2) is 13.2 Å². The van der Waals surface area contributed by atoms with Gasteiger partial charge in [-0.25, -0.2) is 0 Å². The van der Waals surface area contributed by atoms with Crippen LogP contribution in [0.2, 0.25) is 0 Å². The van der Waals surface area contributed by atoms with E-state index in [1.54, 1.807) is 0 Å². The molecule has 0 rings (SSSR count). The van der Waals surface area contributed by atoms with Gasteiger partial charge in [-0.15, -0.1) is 6.58 Å². The van der Waals surface area contributed by atoms with Crippen molar-refractivity contribution in [2.24, 2.45) is 11.8 Å². The maximum Gasteiger partial charge on any atom is 0.0674 e. The fraction of sp³-hybridized carbons (Fsp3) is 0.733. The lowest BCUT2D eigenvalue weighted by Gasteiger charge is -2.07. The third-order valence-electron chi connectivity index (χ3n) is 2.69. The van der Waals surface area contributed by atoms with Gasteiger partial charge in [0.1, 0.15) is 0 Å². The molecule has 0 aromatic carbocycles. The lowest BCUT2D eigenvalue weighted by Crippen LogP contribution is -2.01. The molecular weight excluding hydrogens is 196 g/mol. The molecule has 94 valence electrons. The largest absolute Gasteiger partial charge is 0.377 e. The van der Waals surface area contributed by atoms with E-state index in [-0.39, 0.29) is 0 Å². The van der Waals surface area contributed by atoms with Crippen molar-refractivity contribution in [2.75, 3.05) is 13.2 Å². The van der Waals surface area contributed by atoms with Crippen molar-refractivity contribution in [1.29, 1.82) is 0 Å². The Balaban J connectivity index is 3.51. The Kier molecular flexibility index (Phi) is 9.31. The number of rotatable bonds is 9. The van der Waals surface area contributed by atoms with E-state index in [4.69, 9.17) is 4.74 Å². The maximum atomic E-state index is 5.60. The van der Waals surface area contributed by atoms with E-state index in [1.165, 1.54) is 12.0 Å². The van der Waals surface area contributed by atoms with Crippen LogP contribution in [0.5, 0.6) is 0 Å². The van der Waals surface area contributed by atoms with Gasteiger partial charge >= 0.3 is 0 Å². The Labute approximate surface area is 102 Å². The standard InChI is InChI=1S/C15H28O/c1-6-14(4)8-7-9-15(5)12-16-11-10-13(2)3/h6,9,13-14H,1,7-8,10-12H2,2-5H3/b15-9+. The topological polar surface area (TPSA) is 9.23 Å². The summed E-state index contributed by atoms with van der Waals surface area (Å²) in [6, 6.07) is 0. The number of hydrogen-bond acceptors (Lipinski definition) is 1. The first-order valence-electron chi connectivity index (χ1n) is 6.42. The van der Waals surface area contributed by atoms with Crippen molar-refractivity contribution < 1.29 is 4.74 Å². The minimum atomic E-state index is 0.617. The zero-order valence-electron chi connectivity index (χ0n) is 11.5. The lowest BCUT2D eigenvalue weighted by molar-refractivity contribution is 0.144. The third-order valence-corrected chi connectivity index (χ3v) is 2.69. The molecule has 0 fully saturated rings. The second kappa shape index (κ2) is 9.65. The van der Waals surface area contributed by atoms with E-state index in [1.807, 2.05) is 6.08 Å². The second-order valence-electron chi connectivity index (χ2n) is 5.08. The molecule has 0 aromatic rings. The molecule has 0 saturated carbocycles. The highest BCUT2D eigenvalue weighted by Crippen LogP contribution is 2.08. The average molecular weight is 224 g/mol. The van der Waals surface area contributed by atoms with Gasteiger partial charge < -0.3 is 4.74 Å². The van der Waals surface area contributed by atoms with Crippen LogP contribution in [0.1, 0.15) is 47.0 Å². The summed E-state index contributed by atoms with van der Waals surface area (Å²) < 4.78 is 5.60. The van der Waals surface area contributed by atoms with Gasteiger partial charge in [0, 0.05) is 6.61 Å². The molecule has 0 saturated heterocycles. The molecule has 0 aromatic heterocycles. The minimum absolute atomic E-state index is 0.617. The normalized spacial score (nSPS) is 14.2. The quantitative estimate of drug-likeness (QED) is 0.411. The molecule has 1 atom stereocenters. The summed E-state index contributed by atoms with van der Waals surface area (Å²) in [4.78, 5) is 0. The van der Waals surface area contributed by atoms with Crippen molar-refractivity contribution in [1.82, 2.24) is 0 Å². The fourth-order valence-corrected chi connectivity index (χ4v) is 1.32. The van der Waals surface area contributed by atoms with Gasteiger partial charge in [-0.3, -0.25) is 0 Å². The highest BCUT2D eigenvalue weighted by molar-refractivity contribution is 4.98. The van der Waals surface area contributed by atoms with Gasteiger partial charge in [-0.1, -0.05) is 38.5 Å². The van der Waals surface area contributed by atoms with E-state index >= 15 is 0 Å². The summed E-state index contributed by atoms with van der Waals surface area (Å²) in [5.41, 5.74) is 1.35. The van der Waals surface area contributed by atoms with Crippen LogP contribution in [-0.2, 0) is 4.74 Å². The zero-order valence-corrected chi connectivity index (χ0v) is 11.5.